The molecule has 0 spiro atoms. The minimum Gasteiger partial charge on any atom is -0.497 e. The Hall–Kier alpha value is -1.26. The zero-order valence-electron chi connectivity index (χ0n) is 12.0. The standard InChI is InChI=1S/C15H21ClN2O2/c1-3-15(6-8-17-9-7-15)14(19)18-13-10-11(20-2)4-5-12(13)16/h4-5,10,17H,3,6-9H2,1-2H3,(H,18,19). The first-order valence-corrected chi connectivity index (χ1v) is 7.35. The smallest absolute Gasteiger partial charge is 0.230 e. The van der Waals surface area contributed by atoms with Gasteiger partial charge in [0.15, 0.2) is 0 Å². The van der Waals surface area contributed by atoms with E-state index in [-0.39, 0.29) is 11.3 Å². The number of halogens is 1. The molecule has 110 valence electrons. The molecule has 0 radical (unpaired) electrons. The van der Waals surface area contributed by atoms with E-state index in [1.807, 2.05) is 0 Å². The number of amides is 1. The number of nitrogens with one attached hydrogen (secondary N) is 2. The van der Waals surface area contributed by atoms with Crippen LogP contribution in [0.1, 0.15) is 26.2 Å². The molecule has 2 N–H and O–H groups in total. The van der Waals surface area contributed by atoms with Crippen LogP contribution in [0, 0.1) is 5.41 Å². The van der Waals surface area contributed by atoms with Crippen molar-refractivity contribution in [3.05, 3.63) is 23.2 Å². The van der Waals surface area contributed by atoms with Crippen molar-refractivity contribution in [2.24, 2.45) is 5.41 Å². The van der Waals surface area contributed by atoms with Crippen LogP contribution in [0.4, 0.5) is 5.69 Å². The molecule has 1 aliphatic heterocycles. The Morgan fingerprint density at radius 1 is 1.45 bits per heavy atom. The van der Waals surface area contributed by atoms with E-state index in [0.717, 1.165) is 32.4 Å². The summed E-state index contributed by atoms with van der Waals surface area (Å²) in [6.07, 6.45) is 2.55. The minimum absolute atomic E-state index is 0.0525. The Balaban J connectivity index is 2.18. The Morgan fingerprint density at radius 2 is 2.15 bits per heavy atom. The highest BCUT2D eigenvalue weighted by molar-refractivity contribution is 6.33. The molecule has 5 heteroatoms. The van der Waals surface area contributed by atoms with Gasteiger partial charge in [0.2, 0.25) is 5.91 Å². The summed E-state index contributed by atoms with van der Waals surface area (Å²) in [4.78, 5) is 12.6. The average molecular weight is 297 g/mol. The maximum absolute atomic E-state index is 12.6. The Labute approximate surface area is 124 Å². The van der Waals surface area contributed by atoms with E-state index in [2.05, 4.69) is 17.6 Å². The van der Waals surface area contributed by atoms with Gasteiger partial charge in [0, 0.05) is 6.07 Å². The van der Waals surface area contributed by atoms with Crippen LogP contribution >= 0.6 is 11.6 Å². The number of hydrogen-bond acceptors (Lipinski definition) is 3. The number of carbonyl (C=O) groups is 1. The van der Waals surface area contributed by atoms with Crippen LogP contribution in [0.5, 0.6) is 5.75 Å². The fourth-order valence-electron chi connectivity index (χ4n) is 2.63. The van der Waals surface area contributed by atoms with Crippen LogP contribution < -0.4 is 15.4 Å². The molecule has 1 aromatic carbocycles. The summed E-state index contributed by atoms with van der Waals surface area (Å²) in [5.41, 5.74) is 0.319. The monoisotopic (exact) mass is 296 g/mol. The fraction of sp³-hybridized carbons (Fsp3) is 0.533. The molecule has 0 bridgehead atoms. The molecule has 1 saturated heterocycles. The molecule has 1 amide bonds. The lowest BCUT2D eigenvalue weighted by Crippen LogP contribution is -2.44. The van der Waals surface area contributed by atoms with Gasteiger partial charge in [-0.05, 0) is 44.5 Å². The van der Waals surface area contributed by atoms with Crippen LogP contribution in [0.15, 0.2) is 18.2 Å². The van der Waals surface area contributed by atoms with E-state index < -0.39 is 0 Å². The second-order valence-electron chi connectivity index (χ2n) is 5.18. The number of rotatable bonds is 4. The molecule has 4 nitrogen and oxygen atoms in total. The number of carbonyl (C=O) groups excluding carboxylic acids is 1. The van der Waals surface area contributed by atoms with Crippen molar-refractivity contribution in [2.75, 3.05) is 25.5 Å². The predicted molar refractivity (Wildman–Crippen MR) is 81.5 cm³/mol. The quantitative estimate of drug-likeness (QED) is 0.898. The van der Waals surface area contributed by atoms with Gasteiger partial charge in [0.1, 0.15) is 5.75 Å². The second kappa shape index (κ2) is 6.46. The van der Waals surface area contributed by atoms with Gasteiger partial charge in [-0.25, -0.2) is 0 Å². The lowest BCUT2D eigenvalue weighted by atomic mass is 9.76. The van der Waals surface area contributed by atoms with Crippen molar-refractivity contribution in [2.45, 2.75) is 26.2 Å². The normalized spacial score (nSPS) is 17.6. The Bertz CT molecular complexity index is 485. The molecule has 0 atom stereocenters. The first-order valence-electron chi connectivity index (χ1n) is 6.97. The molecular weight excluding hydrogens is 276 g/mol. The van der Waals surface area contributed by atoms with E-state index in [0.29, 0.717) is 16.5 Å². The van der Waals surface area contributed by atoms with Gasteiger partial charge in [-0.15, -0.1) is 0 Å². The van der Waals surface area contributed by atoms with E-state index in [4.69, 9.17) is 16.3 Å². The summed E-state index contributed by atoms with van der Waals surface area (Å²) in [5.74, 6) is 0.734. The SMILES string of the molecule is CCC1(C(=O)Nc2cc(OC)ccc2Cl)CCNCC1. The zero-order chi connectivity index (χ0) is 14.6. The first-order chi connectivity index (χ1) is 9.61. The highest BCUT2D eigenvalue weighted by Gasteiger charge is 2.37. The van der Waals surface area contributed by atoms with Crippen LogP contribution in [0.3, 0.4) is 0 Å². The molecular formula is C15H21ClN2O2. The topological polar surface area (TPSA) is 50.4 Å². The number of hydrogen-bond donors (Lipinski definition) is 2. The van der Waals surface area contributed by atoms with E-state index in [9.17, 15) is 4.79 Å². The van der Waals surface area contributed by atoms with Crippen LogP contribution in [0.25, 0.3) is 0 Å². The third kappa shape index (κ3) is 3.07. The summed E-state index contributed by atoms with van der Waals surface area (Å²) in [7, 11) is 1.59. The van der Waals surface area contributed by atoms with Gasteiger partial charge in [0.05, 0.1) is 23.2 Å². The first kappa shape index (κ1) is 15.1. The molecule has 1 aliphatic rings. The molecule has 1 fully saturated rings. The summed E-state index contributed by atoms with van der Waals surface area (Å²) in [5, 5.41) is 6.79. The molecule has 1 aromatic rings. The van der Waals surface area contributed by atoms with Gasteiger partial charge in [-0.3, -0.25) is 4.79 Å². The lowest BCUT2D eigenvalue weighted by Gasteiger charge is -2.35. The highest BCUT2D eigenvalue weighted by atomic mass is 35.5. The molecule has 0 unspecified atom stereocenters. The van der Waals surface area contributed by atoms with Gasteiger partial charge in [-0.2, -0.15) is 0 Å². The molecule has 20 heavy (non-hydrogen) atoms. The predicted octanol–water partition coefficient (Wildman–Crippen LogP) is 3.07. The largest absolute Gasteiger partial charge is 0.497 e. The molecule has 0 aliphatic carbocycles. The average Bonchev–Trinajstić information content (AvgIpc) is 2.50. The maximum atomic E-state index is 12.6. The van der Waals surface area contributed by atoms with Crippen LogP contribution in [-0.2, 0) is 4.79 Å². The van der Waals surface area contributed by atoms with Crippen molar-refractivity contribution in [1.29, 1.82) is 0 Å². The molecule has 0 aromatic heterocycles. The van der Waals surface area contributed by atoms with Gasteiger partial charge >= 0.3 is 0 Å². The van der Waals surface area contributed by atoms with Gasteiger partial charge in [-0.1, -0.05) is 18.5 Å². The number of methoxy groups -OCH3 is 1. The van der Waals surface area contributed by atoms with Crippen molar-refractivity contribution in [3.8, 4) is 5.75 Å². The van der Waals surface area contributed by atoms with Crippen molar-refractivity contribution in [1.82, 2.24) is 5.32 Å². The number of piperidine rings is 1. The maximum Gasteiger partial charge on any atom is 0.230 e. The zero-order valence-corrected chi connectivity index (χ0v) is 12.7. The van der Waals surface area contributed by atoms with Crippen LogP contribution in [0.2, 0.25) is 5.02 Å². The Kier molecular flexibility index (Phi) is 4.89. The molecule has 1 heterocycles. The van der Waals surface area contributed by atoms with Gasteiger partial charge < -0.3 is 15.4 Å². The third-order valence-corrected chi connectivity index (χ3v) is 4.47. The number of anilines is 1. The van der Waals surface area contributed by atoms with Crippen molar-refractivity contribution in [3.63, 3.8) is 0 Å². The van der Waals surface area contributed by atoms with Crippen molar-refractivity contribution >= 4 is 23.2 Å². The second-order valence-corrected chi connectivity index (χ2v) is 5.59. The summed E-state index contributed by atoms with van der Waals surface area (Å²) in [6.45, 7) is 3.83. The fourth-order valence-corrected chi connectivity index (χ4v) is 2.79. The molecule has 0 saturated carbocycles. The Morgan fingerprint density at radius 3 is 2.75 bits per heavy atom. The lowest BCUT2D eigenvalue weighted by molar-refractivity contribution is -0.127. The van der Waals surface area contributed by atoms with E-state index in [1.54, 1.807) is 25.3 Å². The van der Waals surface area contributed by atoms with E-state index >= 15 is 0 Å². The van der Waals surface area contributed by atoms with Crippen molar-refractivity contribution < 1.29 is 9.53 Å². The number of ether oxygens (including phenoxy) is 1. The molecule has 2 rings (SSSR count). The summed E-state index contributed by atoms with van der Waals surface area (Å²) < 4.78 is 5.17. The number of benzene rings is 1. The summed E-state index contributed by atoms with van der Waals surface area (Å²) in [6, 6.07) is 5.26. The third-order valence-electron chi connectivity index (χ3n) is 4.14. The minimum atomic E-state index is -0.294. The van der Waals surface area contributed by atoms with E-state index in [1.165, 1.54) is 0 Å². The summed E-state index contributed by atoms with van der Waals surface area (Å²) >= 11 is 6.14. The van der Waals surface area contributed by atoms with Gasteiger partial charge in [0.25, 0.3) is 0 Å². The highest BCUT2D eigenvalue weighted by Crippen LogP contribution is 2.35. The van der Waals surface area contributed by atoms with Crippen LogP contribution in [-0.4, -0.2) is 26.1 Å².